The van der Waals surface area contributed by atoms with Crippen molar-refractivity contribution in [1.29, 1.82) is 0 Å². The lowest BCUT2D eigenvalue weighted by Crippen LogP contribution is -2.04. The summed E-state index contributed by atoms with van der Waals surface area (Å²) in [5.41, 5.74) is 0.971. The topological polar surface area (TPSA) is 34.9 Å². The quantitative estimate of drug-likeness (QED) is 0.793. The molecule has 0 bridgehead atoms. The Balaban J connectivity index is 1.83. The van der Waals surface area contributed by atoms with Crippen molar-refractivity contribution in [2.24, 2.45) is 7.05 Å². The number of hydrogen-bond donors (Lipinski definition) is 0. The van der Waals surface area contributed by atoms with Crippen LogP contribution >= 0.6 is 27.7 Å². The predicted molar refractivity (Wildman–Crippen MR) is 76.8 cm³/mol. The van der Waals surface area contributed by atoms with E-state index in [1.807, 2.05) is 37.5 Å². The Labute approximate surface area is 119 Å². The molecule has 0 radical (unpaired) electrons. The van der Waals surface area contributed by atoms with E-state index in [9.17, 15) is 4.79 Å². The molecule has 2 rings (SSSR count). The highest BCUT2D eigenvalue weighted by molar-refractivity contribution is 9.10. The highest BCUT2D eigenvalue weighted by Crippen LogP contribution is 2.20. The third-order valence-corrected chi connectivity index (χ3v) is 3.97. The number of Topliss-reactive ketones (excluding diaryl/α,β-unsaturated/α-hetero) is 1. The molecule has 0 aliphatic heterocycles. The van der Waals surface area contributed by atoms with Gasteiger partial charge in [-0.2, -0.15) is 5.10 Å². The first-order valence-corrected chi connectivity index (χ1v) is 7.29. The van der Waals surface area contributed by atoms with Crippen molar-refractivity contribution in [1.82, 2.24) is 9.78 Å². The van der Waals surface area contributed by atoms with Gasteiger partial charge in [0.2, 0.25) is 0 Å². The predicted octanol–water partition coefficient (Wildman–Crippen LogP) is 3.09. The Morgan fingerprint density at radius 1 is 1.39 bits per heavy atom. The number of rotatable bonds is 5. The van der Waals surface area contributed by atoms with Gasteiger partial charge >= 0.3 is 0 Å². The maximum Gasteiger partial charge on any atom is 0.147 e. The van der Waals surface area contributed by atoms with E-state index in [4.69, 9.17) is 0 Å². The Kier molecular flexibility index (Phi) is 4.60. The lowest BCUT2D eigenvalue weighted by molar-refractivity contribution is -0.116. The van der Waals surface area contributed by atoms with Crippen molar-refractivity contribution >= 4 is 33.5 Å². The average molecular weight is 325 g/mol. The number of benzene rings is 1. The van der Waals surface area contributed by atoms with Gasteiger partial charge in [-0.3, -0.25) is 9.48 Å². The molecule has 0 aliphatic rings. The minimum atomic E-state index is 0.218. The van der Waals surface area contributed by atoms with Crippen molar-refractivity contribution in [3.05, 3.63) is 46.7 Å². The molecule has 0 saturated carbocycles. The number of aryl methyl sites for hydroxylation is 1. The van der Waals surface area contributed by atoms with Crippen molar-refractivity contribution in [2.75, 3.05) is 5.75 Å². The lowest BCUT2D eigenvalue weighted by Gasteiger charge is -2.00. The summed E-state index contributed by atoms with van der Waals surface area (Å²) in [6, 6.07) is 7.97. The van der Waals surface area contributed by atoms with Gasteiger partial charge in [0.25, 0.3) is 0 Å². The lowest BCUT2D eigenvalue weighted by atomic mass is 10.2. The molecule has 5 heteroatoms. The van der Waals surface area contributed by atoms with Crippen LogP contribution in [0.5, 0.6) is 0 Å². The van der Waals surface area contributed by atoms with Crippen LogP contribution in [-0.4, -0.2) is 21.3 Å². The van der Waals surface area contributed by atoms with E-state index in [1.165, 1.54) is 0 Å². The zero-order chi connectivity index (χ0) is 13.0. The zero-order valence-electron chi connectivity index (χ0n) is 9.97. The first-order chi connectivity index (χ1) is 8.63. The maximum atomic E-state index is 11.8. The SMILES string of the molecule is Cn1cc(CC(=O)CSc2ccc(Br)cc2)cn1. The van der Waals surface area contributed by atoms with Gasteiger partial charge in [0.1, 0.15) is 5.78 Å². The summed E-state index contributed by atoms with van der Waals surface area (Å²) in [5.74, 6) is 0.715. The van der Waals surface area contributed by atoms with E-state index in [0.717, 1.165) is 14.9 Å². The van der Waals surface area contributed by atoms with Crippen LogP contribution in [-0.2, 0) is 18.3 Å². The molecule has 1 heterocycles. The highest BCUT2D eigenvalue weighted by Gasteiger charge is 2.06. The van der Waals surface area contributed by atoms with Crippen LogP contribution in [0.1, 0.15) is 5.56 Å². The van der Waals surface area contributed by atoms with Crippen LogP contribution in [0.2, 0.25) is 0 Å². The molecule has 94 valence electrons. The van der Waals surface area contributed by atoms with Crippen LogP contribution in [0.25, 0.3) is 0 Å². The first-order valence-electron chi connectivity index (χ1n) is 5.51. The van der Waals surface area contributed by atoms with E-state index in [2.05, 4.69) is 21.0 Å². The third kappa shape index (κ3) is 3.99. The molecular formula is C13H13BrN2OS. The molecule has 3 nitrogen and oxygen atoms in total. The van der Waals surface area contributed by atoms with Crippen LogP contribution < -0.4 is 0 Å². The summed E-state index contributed by atoms with van der Waals surface area (Å²) >= 11 is 4.95. The number of carbonyl (C=O) groups is 1. The average Bonchev–Trinajstić information content (AvgIpc) is 2.74. The molecule has 0 fully saturated rings. The van der Waals surface area contributed by atoms with E-state index >= 15 is 0 Å². The summed E-state index contributed by atoms with van der Waals surface area (Å²) in [4.78, 5) is 12.9. The van der Waals surface area contributed by atoms with Crippen molar-refractivity contribution in [3.8, 4) is 0 Å². The molecule has 0 saturated heterocycles. The van der Waals surface area contributed by atoms with Crippen LogP contribution in [0.4, 0.5) is 0 Å². The van der Waals surface area contributed by atoms with Gasteiger partial charge in [0, 0.05) is 29.0 Å². The minimum Gasteiger partial charge on any atom is -0.298 e. The number of ketones is 1. The van der Waals surface area contributed by atoms with Gasteiger partial charge < -0.3 is 0 Å². The summed E-state index contributed by atoms with van der Waals surface area (Å²) in [5, 5.41) is 4.05. The number of thioether (sulfide) groups is 1. The number of aromatic nitrogens is 2. The molecule has 2 aromatic rings. The molecule has 0 amide bonds. The molecule has 1 aromatic heterocycles. The van der Waals surface area contributed by atoms with Gasteiger partial charge in [-0.1, -0.05) is 15.9 Å². The normalized spacial score (nSPS) is 10.6. The van der Waals surface area contributed by atoms with E-state index in [1.54, 1.807) is 22.6 Å². The Hall–Kier alpha value is -1.07. The Morgan fingerprint density at radius 2 is 2.11 bits per heavy atom. The van der Waals surface area contributed by atoms with Crippen molar-refractivity contribution in [3.63, 3.8) is 0 Å². The van der Waals surface area contributed by atoms with E-state index < -0.39 is 0 Å². The molecule has 18 heavy (non-hydrogen) atoms. The molecule has 0 aliphatic carbocycles. The van der Waals surface area contributed by atoms with E-state index in [-0.39, 0.29) is 5.78 Å². The van der Waals surface area contributed by atoms with E-state index in [0.29, 0.717) is 12.2 Å². The molecule has 0 N–H and O–H groups in total. The van der Waals surface area contributed by atoms with Crippen LogP contribution in [0.3, 0.4) is 0 Å². The standard InChI is InChI=1S/C13H13BrN2OS/c1-16-8-10(7-15-16)6-12(17)9-18-13-4-2-11(14)3-5-13/h2-5,7-8H,6,9H2,1H3. The van der Waals surface area contributed by atoms with Crippen LogP contribution in [0.15, 0.2) is 46.0 Å². The summed E-state index contributed by atoms with van der Waals surface area (Å²) in [6.07, 6.45) is 4.07. The summed E-state index contributed by atoms with van der Waals surface area (Å²) in [7, 11) is 1.85. The number of nitrogens with zero attached hydrogens (tertiary/aromatic N) is 2. The Morgan fingerprint density at radius 3 is 2.72 bits per heavy atom. The second-order valence-electron chi connectivity index (χ2n) is 3.98. The second kappa shape index (κ2) is 6.20. The number of halogens is 1. The monoisotopic (exact) mass is 324 g/mol. The molecule has 1 aromatic carbocycles. The minimum absolute atomic E-state index is 0.218. The van der Waals surface area contributed by atoms with Crippen molar-refractivity contribution in [2.45, 2.75) is 11.3 Å². The Bertz CT molecular complexity index is 536. The van der Waals surface area contributed by atoms with Gasteiger partial charge in [0.05, 0.1) is 11.9 Å². The fourth-order valence-corrected chi connectivity index (χ4v) is 2.56. The molecular weight excluding hydrogens is 312 g/mol. The summed E-state index contributed by atoms with van der Waals surface area (Å²) in [6.45, 7) is 0. The van der Waals surface area contributed by atoms with Gasteiger partial charge in [-0.15, -0.1) is 11.8 Å². The van der Waals surface area contributed by atoms with Crippen LogP contribution in [0, 0.1) is 0 Å². The van der Waals surface area contributed by atoms with Crippen molar-refractivity contribution < 1.29 is 4.79 Å². The second-order valence-corrected chi connectivity index (χ2v) is 5.94. The molecule has 0 atom stereocenters. The molecule has 0 unspecified atom stereocenters. The fraction of sp³-hybridized carbons (Fsp3) is 0.231. The first kappa shape index (κ1) is 13.4. The summed E-state index contributed by atoms with van der Waals surface area (Å²) < 4.78 is 2.76. The third-order valence-electron chi connectivity index (χ3n) is 2.37. The van der Waals surface area contributed by atoms with Gasteiger partial charge in [-0.05, 0) is 29.8 Å². The van der Waals surface area contributed by atoms with Gasteiger partial charge in [-0.25, -0.2) is 0 Å². The highest BCUT2D eigenvalue weighted by atomic mass is 79.9. The largest absolute Gasteiger partial charge is 0.298 e. The fourth-order valence-electron chi connectivity index (χ4n) is 1.54. The number of hydrogen-bond acceptors (Lipinski definition) is 3. The number of carbonyl (C=O) groups excluding carboxylic acids is 1. The van der Waals surface area contributed by atoms with Gasteiger partial charge in [0.15, 0.2) is 0 Å². The smallest absolute Gasteiger partial charge is 0.147 e. The molecule has 0 spiro atoms. The maximum absolute atomic E-state index is 11.8. The zero-order valence-corrected chi connectivity index (χ0v) is 12.4.